The summed E-state index contributed by atoms with van der Waals surface area (Å²) < 4.78 is 0. The van der Waals surface area contributed by atoms with Gasteiger partial charge in [-0.25, -0.2) is 0 Å². The van der Waals surface area contributed by atoms with Gasteiger partial charge >= 0.3 is 0 Å². The van der Waals surface area contributed by atoms with Crippen molar-refractivity contribution >= 4 is 5.91 Å². The Balaban J connectivity index is 1.93. The molecule has 1 aliphatic carbocycles. The van der Waals surface area contributed by atoms with Crippen molar-refractivity contribution in [3.63, 3.8) is 0 Å². The van der Waals surface area contributed by atoms with Crippen LogP contribution in [0, 0.1) is 12.3 Å². The van der Waals surface area contributed by atoms with Crippen LogP contribution in [0.5, 0.6) is 0 Å². The molecule has 1 N–H and O–H groups in total. The van der Waals surface area contributed by atoms with E-state index in [2.05, 4.69) is 30.4 Å². The zero-order valence-electron chi connectivity index (χ0n) is 9.68. The minimum absolute atomic E-state index is 0.220. The average Bonchev–Trinajstić information content (AvgIpc) is 2.59. The molecule has 1 atom stereocenters. The largest absolute Gasteiger partial charge is 0.356 e. The van der Waals surface area contributed by atoms with E-state index in [1.807, 2.05) is 0 Å². The zero-order chi connectivity index (χ0) is 11.2. The van der Waals surface area contributed by atoms with Crippen LogP contribution in [0.3, 0.4) is 0 Å². The van der Waals surface area contributed by atoms with Gasteiger partial charge in [-0.15, -0.1) is 0 Å². The topological polar surface area (TPSA) is 29.1 Å². The predicted molar refractivity (Wildman–Crippen MR) is 63.3 cm³/mol. The molecule has 1 fully saturated rings. The number of carbonyl (C=O) groups is 1. The number of fused-ring (bicyclic) bond motifs is 1. The lowest BCUT2D eigenvalue weighted by Crippen LogP contribution is -2.31. The molecule has 1 saturated heterocycles. The molecule has 1 spiro atoms. The standard InChI is InChI=1S/C14H17NO/c1-10-2-3-11-4-5-14(7-12(11)6-10)8-13(16)15-9-14/h2-3,6H,4-5,7-9H2,1H3,(H,15,16). The number of rotatable bonds is 0. The number of nitrogens with one attached hydrogen (secondary N) is 1. The summed E-state index contributed by atoms with van der Waals surface area (Å²) in [6.45, 7) is 3.01. The molecule has 2 nitrogen and oxygen atoms in total. The van der Waals surface area contributed by atoms with Crippen molar-refractivity contribution in [2.75, 3.05) is 6.54 Å². The normalized spacial score (nSPS) is 27.9. The van der Waals surface area contributed by atoms with Crippen molar-refractivity contribution in [3.8, 4) is 0 Å². The highest BCUT2D eigenvalue weighted by molar-refractivity contribution is 5.79. The molecule has 3 rings (SSSR count). The van der Waals surface area contributed by atoms with Crippen LogP contribution in [0.1, 0.15) is 29.5 Å². The van der Waals surface area contributed by atoms with E-state index in [1.54, 1.807) is 0 Å². The van der Waals surface area contributed by atoms with Crippen molar-refractivity contribution in [1.29, 1.82) is 0 Å². The SMILES string of the molecule is Cc1ccc2c(c1)CC1(CC2)CNC(=O)C1. The molecule has 16 heavy (non-hydrogen) atoms. The maximum atomic E-state index is 11.4. The van der Waals surface area contributed by atoms with Gasteiger partial charge in [-0.2, -0.15) is 0 Å². The summed E-state index contributed by atoms with van der Waals surface area (Å²) in [7, 11) is 0. The van der Waals surface area contributed by atoms with Gasteiger partial charge in [0.15, 0.2) is 0 Å². The fourth-order valence-corrected chi connectivity index (χ4v) is 3.11. The molecule has 1 amide bonds. The molecular weight excluding hydrogens is 198 g/mol. The van der Waals surface area contributed by atoms with Gasteiger partial charge in [0.25, 0.3) is 0 Å². The molecule has 2 aliphatic rings. The van der Waals surface area contributed by atoms with E-state index in [9.17, 15) is 4.79 Å². The molecule has 2 heteroatoms. The van der Waals surface area contributed by atoms with E-state index >= 15 is 0 Å². The van der Waals surface area contributed by atoms with Crippen LogP contribution < -0.4 is 5.32 Å². The molecule has 1 aromatic rings. The Morgan fingerprint density at radius 1 is 1.25 bits per heavy atom. The minimum Gasteiger partial charge on any atom is -0.356 e. The summed E-state index contributed by atoms with van der Waals surface area (Å²) in [5.74, 6) is 0.233. The van der Waals surface area contributed by atoms with Gasteiger partial charge in [0.2, 0.25) is 5.91 Å². The summed E-state index contributed by atoms with van der Waals surface area (Å²) >= 11 is 0. The predicted octanol–water partition coefficient (Wildman–Crippen LogP) is 1.99. The summed E-state index contributed by atoms with van der Waals surface area (Å²) in [6.07, 6.45) is 4.08. The van der Waals surface area contributed by atoms with E-state index in [-0.39, 0.29) is 11.3 Å². The Morgan fingerprint density at radius 2 is 2.12 bits per heavy atom. The van der Waals surface area contributed by atoms with Crippen LogP contribution in [0.2, 0.25) is 0 Å². The number of benzene rings is 1. The van der Waals surface area contributed by atoms with Crippen molar-refractivity contribution in [2.24, 2.45) is 5.41 Å². The van der Waals surface area contributed by atoms with E-state index in [1.165, 1.54) is 16.7 Å². The first-order chi connectivity index (χ1) is 7.67. The molecular formula is C14H17NO. The first-order valence-electron chi connectivity index (χ1n) is 6.02. The lowest BCUT2D eigenvalue weighted by atomic mass is 9.71. The highest BCUT2D eigenvalue weighted by Crippen LogP contribution is 2.40. The maximum absolute atomic E-state index is 11.4. The number of hydrogen-bond acceptors (Lipinski definition) is 1. The quantitative estimate of drug-likeness (QED) is 0.704. The van der Waals surface area contributed by atoms with Gasteiger partial charge in [0, 0.05) is 18.4 Å². The number of carbonyl (C=O) groups excluding carboxylic acids is 1. The van der Waals surface area contributed by atoms with Crippen LogP contribution >= 0.6 is 0 Å². The average molecular weight is 215 g/mol. The first-order valence-corrected chi connectivity index (χ1v) is 6.02. The molecule has 0 bridgehead atoms. The van der Waals surface area contributed by atoms with E-state index in [0.717, 1.165) is 32.2 Å². The first kappa shape index (κ1) is 9.88. The third-order valence-corrected chi connectivity index (χ3v) is 4.05. The Hall–Kier alpha value is -1.31. The van der Waals surface area contributed by atoms with Gasteiger partial charge < -0.3 is 5.32 Å². The maximum Gasteiger partial charge on any atom is 0.220 e. The monoisotopic (exact) mass is 215 g/mol. The minimum atomic E-state index is 0.220. The van der Waals surface area contributed by atoms with Gasteiger partial charge in [0.05, 0.1) is 0 Å². The fourth-order valence-electron chi connectivity index (χ4n) is 3.11. The molecule has 1 heterocycles. The summed E-state index contributed by atoms with van der Waals surface area (Å²) in [5.41, 5.74) is 4.49. The highest BCUT2D eigenvalue weighted by atomic mass is 16.1. The summed E-state index contributed by atoms with van der Waals surface area (Å²) in [4.78, 5) is 11.4. The molecule has 1 aromatic carbocycles. The van der Waals surface area contributed by atoms with Gasteiger partial charge in [0.1, 0.15) is 0 Å². The van der Waals surface area contributed by atoms with Crippen molar-refractivity contribution in [1.82, 2.24) is 5.32 Å². The van der Waals surface area contributed by atoms with E-state index < -0.39 is 0 Å². The van der Waals surface area contributed by atoms with Crippen molar-refractivity contribution in [2.45, 2.75) is 32.6 Å². The Morgan fingerprint density at radius 3 is 2.88 bits per heavy atom. The van der Waals surface area contributed by atoms with Crippen LogP contribution in [-0.4, -0.2) is 12.5 Å². The van der Waals surface area contributed by atoms with Crippen LogP contribution in [0.4, 0.5) is 0 Å². The van der Waals surface area contributed by atoms with Crippen LogP contribution in [-0.2, 0) is 17.6 Å². The zero-order valence-corrected chi connectivity index (χ0v) is 9.68. The number of amides is 1. The molecule has 0 radical (unpaired) electrons. The Bertz CT molecular complexity index is 452. The van der Waals surface area contributed by atoms with Gasteiger partial charge in [-0.3, -0.25) is 4.79 Å². The summed E-state index contributed by atoms with van der Waals surface area (Å²) in [6, 6.07) is 6.73. The Labute approximate surface area is 96.1 Å². The van der Waals surface area contributed by atoms with Gasteiger partial charge in [-0.05, 0) is 37.3 Å². The van der Waals surface area contributed by atoms with Crippen LogP contribution in [0.15, 0.2) is 18.2 Å². The second kappa shape index (κ2) is 3.34. The number of hydrogen-bond donors (Lipinski definition) is 1. The lowest BCUT2D eigenvalue weighted by Gasteiger charge is -2.33. The molecule has 1 aliphatic heterocycles. The molecule has 0 saturated carbocycles. The second-order valence-electron chi connectivity index (χ2n) is 5.40. The van der Waals surface area contributed by atoms with E-state index in [0.29, 0.717) is 0 Å². The lowest BCUT2D eigenvalue weighted by molar-refractivity contribution is -0.119. The smallest absolute Gasteiger partial charge is 0.220 e. The third kappa shape index (κ3) is 1.53. The van der Waals surface area contributed by atoms with Gasteiger partial charge in [-0.1, -0.05) is 23.8 Å². The van der Waals surface area contributed by atoms with Crippen molar-refractivity contribution in [3.05, 3.63) is 34.9 Å². The number of aryl methyl sites for hydroxylation is 2. The van der Waals surface area contributed by atoms with Crippen molar-refractivity contribution < 1.29 is 4.79 Å². The van der Waals surface area contributed by atoms with E-state index in [4.69, 9.17) is 0 Å². The highest BCUT2D eigenvalue weighted by Gasteiger charge is 2.40. The second-order valence-corrected chi connectivity index (χ2v) is 5.40. The Kier molecular flexibility index (Phi) is 2.06. The molecule has 0 aromatic heterocycles. The fraction of sp³-hybridized carbons (Fsp3) is 0.500. The third-order valence-electron chi connectivity index (χ3n) is 4.05. The van der Waals surface area contributed by atoms with Crippen LogP contribution in [0.25, 0.3) is 0 Å². The molecule has 1 unspecified atom stereocenters. The summed E-state index contributed by atoms with van der Waals surface area (Å²) in [5, 5.41) is 2.99. The molecule has 84 valence electrons.